The molecule has 0 aliphatic rings. The summed E-state index contributed by atoms with van der Waals surface area (Å²) in [6, 6.07) is 0. The van der Waals surface area contributed by atoms with Crippen LogP contribution in [0.25, 0.3) is 0 Å². The first kappa shape index (κ1) is 13.9. The molecule has 1 amide bonds. The first-order valence-corrected chi connectivity index (χ1v) is 4.64. The number of primary amides is 1. The topological polar surface area (TPSA) is 123 Å². The van der Waals surface area contributed by atoms with Gasteiger partial charge in [0.05, 0.1) is 5.38 Å². The molecule has 0 saturated carbocycles. The third-order valence-electron chi connectivity index (χ3n) is 1.95. The second-order valence-corrected chi connectivity index (χ2v) is 3.88. The van der Waals surface area contributed by atoms with Crippen molar-refractivity contribution in [3.8, 4) is 0 Å². The van der Waals surface area contributed by atoms with E-state index in [4.69, 9.17) is 28.2 Å². The predicted molar refractivity (Wildman–Crippen MR) is 53.3 cm³/mol. The van der Waals surface area contributed by atoms with Crippen molar-refractivity contribution in [1.82, 2.24) is 0 Å². The van der Waals surface area contributed by atoms with Gasteiger partial charge >= 0.3 is 5.97 Å². The van der Waals surface area contributed by atoms with E-state index in [0.29, 0.717) is 0 Å². The Morgan fingerprint density at radius 3 is 2.20 bits per heavy atom. The van der Waals surface area contributed by atoms with E-state index < -0.39 is 28.6 Å². The van der Waals surface area contributed by atoms with Gasteiger partial charge in [-0.3, -0.25) is 9.59 Å². The van der Waals surface area contributed by atoms with Gasteiger partial charge < -0.3 is 16.6 Å². The Morgan fingerprint density at radius 1 is 1.47 bits per heavy atom. The molecule has 1 unspecified atom stereocenters. The lowest BCUT2D eigenvalue weighted by atomic mass is 9.88. The number of amides is 1. The van der Waals surface area contributed by atoms with Crippen LogP contribution in [-0.4, -0.2) is 33.7 Å². The van der Waals surface area contributed by atoms with Crippen LogP contribution in [0.5, 0.6) is 0 Å². The fraction of sp³-hybridized carbons (Fsp3) is 0.625. The zero-order valence-electron chi connectivity index (χ0n) is 8.20. The number of hydrogen-bond donors (Lipinski definition) is 3. The molecule has 0 bridgehead atoms. The Labute approximate surface area is 91.6 Å². The monoisotopic (exact) mass is 236 g/mol. The van der Waals surface area contributed by atoms with Gasteiger partial charge in [-0.05, 0) is 13.3 Å². The van der Waals surface area contributed by atoms with Gasteiger partial charge in [-0.25, -0.2) is 4.79 Å². The van der Waals surface area contributed by atoms with Crippen molar-refractivity contribution in [2.45, 2.75) is 30.7 Å². The van der Waals surface area contributed by atoms with E-state index in [1.165, 1.54) is 6.92 Å². The van der Waals surface area contributed by atoms with E-state index in [9.17, 15) is 14.4 Å². The van der Waals surface area contributed by atoms with E-state index in [1.54, 1.807) is 0 Å². The van der Waals surface area contributed by atoms with Crippen LogP contribution >= 0.6 is 11.6 Å². The number of aliphatic carboxylic acids is 1. The minimum absolute atomic E-state index is 0.280. The van der Waals surface area contributed by atoms with Gasteiger partial charge in [0.1, 0.15) is 0 Å². The molecule has 0 aromatic carbocycles. The Bertz CT molecular complexity index is 292. The summed E-state index contributed by atoms with van der Waals surface area (Å²) in [5.74, 6) is -3.07. The maximum absolute atomic E-state index is 11.4. The summed E-state index contributed by atoms with van der Waals surface area (Å²) >= 11 is 5.46. The van der Waals surface area contributed by atoms with Crippen LogP contribution in [0.1, 0.15) is 19.8 Å². The summed E-state index contributed by atoms with van der Waals surface area (Å²) in [4.78, 5) is 32.7. The van der Waals surface area contributed by atoms with Crippen molar-refractivity contribution >= 4 is 29.3 Å². The first-order chi connectivity index (χ1) is 6.71. The van der Waals surface area contributed by atoms with Crippen molar-refractivity contribution < 1.29 is 19.5 Å². The summed E-state index contributed by atoms with van der Waals surface area (Å²) < 4.78 is 0. The minimum atomic E-state index is -2.14. The Morgan fingerprint density at radius 2 is 1.93 bits per heavy atom. The molecule has 0 radical (unpaired) electrons. The Balaban J connectivity index is 4.82. The third kappa shape index (κ3) is 3.49. The number of hydrogen-bond acceptors (Lipinski definition) is 4. The molecule has 0 spiro atoms. The third-order valence-corrected chi connectivity index (χ3v) is 2.15. The average Bonchev–Trinajstić information content (AvgIpc) is 2.12. The summed E-state index contributed by atoms with van der Waals surface area (Å²) in [5, 5.41) is 7.78. The molecule has 5 N–H and O–H groups in total. The lowest BCUT2D eigenvalue weighted by molar-refractivity contribution is -0.148. The van der Waals surface area contributed by atoms with Crippen LogP contribution in [-0.2, 0) is 14.4 Å². The molecule has 86 valence electrons. The largest absolute Gasteiger partial charge is 0.480 e. The van der Waals surface area contributed by atoms with Crippen molar-refractivity contribution in [1.29, 1.82) is 0 Å². The van der Waals surface area contributed by atoms with Crippen molar-refractivity contribution in [3.05, 3.63) is 0 Å². The number of carbonyl (C=O) groups is 3. The number of rotatable bonds is 6. The van der Waals surface area contributed by atoms with Gasteiger partial charge in [0.2, 0.25) is 5.91 Å². The van der Waals surface area contributed by atoms with Crippen LogP contribution in [0.2, 0.25) is 0 Å². The summed E-state index contributed by atoms with van der Waals surface area (Å²) in [6.45, 7) is 1.32. The summed E-state index contributed by atoms with van der Waals surface area (Å²) in [5.41, 5.74) is 8.09. The SMILES string of the molecule is CC(Cl)C(=O)[C@@](N)(CCC(N)=O)C(=O)O. The Kier molecular flexibility index (Phi) is 4.70. The number of ketones is 1. The van der Waals surface area contributed by atoms with E-state index >= 15 is 0 Å². The van der Waals surface area contributed by atoms with Crippen molar-refractivity contribution in [2.24, 2.45) is 11.5 Å². The van der Waals surface area contributed by atoms with Crippen LogP contribution in [0.3, 0.4) is 0 Å². The normalized spacial score (nSPS) is 16.5. The number of carbonyl (C=O) groups excluding carboxylic acids is 2. The van der Waals surface area contributed by atoms with E-state index in [2.05, 4.69) is 0 Å². The molecule has 6 nitrogen and oxygen atoms in total. The highest BCUT2D eigenvalue weighted by molar-refractivity contribution is 6.34. The van der Waals surface area contributed by atoms with Crippen LogP contribution < -0.4 is 11.5 Å². The lowest BCUT2D eigenvalue weighted by Crippen LogP contribution is -2.57. The zero-order valence-corrected chi connectivity index (χ0v) is 8.95. The maximum Gasteiger partial charge on any atom is 0.331 e. The lowest BCUT2D eigenvalue weighted by Gasteiger charge is -2.23. The summed E-state index contributed by atoms with van der Waals surface area (Å²) in [7, 11) is 0. The number of Topliss-reactive ketones (excluding diaryl/α,β-unsaturated/α-hetero) is 1. The predicted octanol–water partition coefficient (Wildman–Crippen LogP) is -0.770. The first-order valence-electron chi connectivity index (χ1n) is 4.20. The fourth-order valence-electron chi connectivity index (χ4n) is 1.01. The fourth-order valence-corrected chi connectivity index (χ4v) is 1.21. The van der Waals surface area contributed by atoms with Crippen molar-refractivity contribution in [3.63, 3.8) is 0 Å². The Hall–Kier alpha value is -1.14. The van der Waals surface area contributed by atoms with Gasteiger partial charge in [0.25, 0.3) is 0 Å². The molecule has 0 fully saturated rings. The molecular weight excluding hydrogens is 224 g/mol. The molecule has 7 heteroatoms. The number of alkyl halides is 1. The minimum Gasteiger partial charge on any atom is -0.480 e. The average molecular weight is 237 g/mol. The van der Waals surface area contributed by atoms with E-state index in [0.717, 1.165) is 0 Å². The van der Waals surface area contributed by atoms with Gasteiger partial charge in [0.15, 0.2) is 11.3 Å². The second kappa shape index (κ2) is 5.09. The summed E-state index contributed by atoms with van der Waals surface area (Å²) in [6.07, 6.45) is -0.633. The van der Waals surface area contributed by atoms with Crippen LogP contribution in [0.15, 0.2) is 0 Å². The highest BCUT2D eigenvalue weighted by atomic mass is 35.5. The van der Waals surface area contributed by atoms with Crippen LogP contribution in [0.4, 0.5) is 0 Å². The van der Waals surface area contributed by atoms with Crippen molar-refractivity contribution in [2.75, 3.05) is 0 Å². The van der Waals surface area contributed by atoms with E-state index in [-0.39, 0.29) is 12.8 Å². The molecule has 0 aromatic heterocycles. The smallest absolute Gasteiger partial charge is 0.331 e. The standard InChI is InChI=1S/C8H13ClN2O4/c1-4(9)6(13)8(11,7(14)15)3-2-5(10)12/h4H,2-3,11H2,1H3,(H2,10,12)(H,14,15)/t4?,8-/m0/s1. The molecule has 0 heterocycles. The quantitative estimate of drug-likeness (QED) is 0.413. The number of carboxylic acids is 1. The molecule has 0 aliphatic carbocycles. The van der Waals surface area contributed by atoms with Gasteiger partial charge in [-0.2, -0.15) is 0 Å². The van der Waals surface area contributed by atoms with Crippen LogP contribution in [0, 0.1) is 0 Å². The number of carboxylic acid groups (broad SMARTS) is 1. The molecule has 0 rings (SSSR count). The van der Waals surface area contributed by atoms with Gasteiger partial charge in [0, 0.05) is 6.42 Å². The molecule has 0 saturated heterocycles. The highest BCUT2D eigenvalue weighted by Crippen LogP contribution is 2.16. The zero-order chi connectivity index (χ0) is 12.2. The molecule has 2 atom stereocenters. The molecule has 15 heavy (non-hydrogen) atoms. The maximum atomic E-state index is 11.4. The molecule has 0 aliphatic heterocycles. The molecular formula is C8H13ClN2O4. The molecule has 0 aromatic rings. The second-order valence-electron chi connectivity index (χ2n) is 3.22. The van der Waals surface area contributed by atoms with Gasteiger partial charge in [-0.1, -0.05) is 0 Å². The number of nitrogens with two attached hydrogens (primary N) is 2. The van der Waals surface area contributed by atoms with Gasteiger partial charge in [-0.15, -0.1) is 11.6 Å². The number of halogens is 1. The van der Waals surface area contributed by atoms with E-state index in [1.807, 2.05) is 0 Å². The highest BCUT2D eigenvalue weighted by Gasteiger charge is 2.43.